The molecule has 2 amide bonds. The summed E-state index contributed by atoms with van der Waals surface area (Å²) < 4.78 is 23.3. The van der Waals surface area contributed by atoms with Crippen molar-refractivity contribution >= 4 is 38.2 Å². The van der Waals surface area contributed by atoms with Gasteiger partial charge in [-0.2, -0.15) is 4.67 Å². The van der Waals surface area contributed by atoms with Gasteiger partial charge in [-0.1, -0.05) is 80.8 Å². The van der Waals surface area contributed by atoms with Crippen LogP contribution in [0.25, 0.3) is 22.5 Å². The normalized spacial score (nSPS) is 12.4. The number of amides is 2. The Morgan fingerprint density at radius 2 is 1.58 bits per heavy atom. The highest BCUT2D eigenvalue weighted by Crippen LogP contribution is 2.42. The maximum Gasteiger partial charge on any atom is 0.363 e. The highest BCUT2D eigenvalue weighted by Gasteiger charge is 2.28. The molecular formula is C44H67N6O9P. The van der Waals surface area contributed by atoms with E-state index in [0.717, 1.165) is 91.5 Å². The molecule has 0 aliphatic carbocycles. The molecule has 332 valence electrons. The second-order valence-electron chi connectivity index (χ2n) is 15.0. The van der Waals surface area contributed by atoms with E-state index in [-0.39, 0.29) is 42.5 Å². The fourth-order valence-electron chi connectivity index (χ4n) is 6.31. The molecule has 16 heteroatoms. The SMILES string of the molecule is CNCCOCCC(=O)C(C)C.COOP(OCCCCCCNC(=O)CCCCCn1nnc2c1-c1ccccc1CN(C(=O)CCC=O)c1ccccc1-2)OC(C)C. The average Bonchev–Trinajstić information content (AvgIpc) is 3.65. The van der Waals surface area contributed by atoms with Gasteiger partial charge in [-0.3, -0.25) is 14.4 Å². The number of aromatic nitrogens is 3. The number of fused-ring (bicyclic) bond motifs is 5. The lowest BCUT2D eigenvalue weighted by molar-refractivity contribution is -0.192. The van der Waals surface area contributed by atoms with E-state index >= 15 is 0 Å². The third-order valence-corrected chi connectivity index (χ3v) is 10.8. The summed E-state index contributed by atoms with van der Waals surface area (Å²) >= 11 is 0. The molecule has 2 heterocycles. The number of hydrogen-bond acceptors (Lipinski definition) is 12. The number of ketones is 1. The van der Waals surface area contributed by atoms with Crippen molar-refractivity contribution in [1.29, 1.82) is 0 Å². The van der Waals surface area contributed by atoms with Crippen LogP contribution in [0.1, 0.15) is 104 Å². The van der Waals surface area contributed by atoms with E-state index in [4.69, 9.17) is 18.5 Å². The Balaban J connectivity index is 0.000000694. The van der Waals surface area contributed by atoms with Crippen molar-refractivity contribution in [1.82, 2.24) is 25.6 Å². The summed E-state index contributed by atoms with van der Waals surface area (Å²) in [4.78, 5) is 54.1. The molecule has 1 atom stereocenters. The number of unbranched alkanes of at least 4 members (excludes halogenated alkanes) is 5. The number of carbonyl (C=O) groups excluding carboxylic acids is 4. The number of Topliss-reactive ketones (excluding diaryl/α,β-unsaturated/α-hetero) is 1. The molecule has 0 fully saturated rings. The van der Waals surface area contributed by atoms with Crippen molar-refractivity contribution in [2.45, 2.75) is 118 Å². The molecule has 0 bridgehead atoms. The lowest BCUT2D eigenvalue weighted by atomic mass is 9.95. The summed E-state index contributed by atoms with van der Waals surface area (Å²) in [6.45, 7) is 12.0. The number of aryl methyl sites for hydroxylation is 1. The summed E-state index contributed by atoms with van der Waals surface area (Å²) in [5.41, 5.74) is 5.22. The topological polar surface area (TPSA) is 172 Å². The maximum absolute atomic E-state index is 13.2. The predicted molar refractivity (Wildman–Crippen MR) is 234 cm³/mol. The summed E-state index contributed by atoms with van der Waals surface area (Å²) in [6.07, 6.45) is 8.47. The van der Waals surface area contributed by atoms with Gasteiger partial charge in [0.05, 0.1) is 51.0 Å². The van der Waals surface area contributed by atoms with Crippen LogP contribution >= 0.6 is 8.60 Å². The van der Waals surface area contributed by atoms with Gasteiger partial charge in [-0.05, 0) is 58.2 Å². The monoisotopic (exact) mass is 854 g/mol. The van der Waals surface area contributed by atoms with Gasteiger partial charge < -0.3 is 34.1 Å². The number of hydrogen-bond donors (Lipinski definition) is 2. The van der Waals surface area contributed by atoms with Gasteiger partial charge in [0, 0.05) is 62.4 Å². The van der Waals surface area contributed by atoms with Crippen LogP contribution in [-0.4, -0.2) is 92.0 Å². The van der Waals surface area contributed by atoms with Crippen molar-refractivity contribution in [3.8, 4) is 22.5 Å². The van der Waals surface area contributed by atoms with Crippen molar-refractivity contribution in [2.24, 2.45) is 5.92 Å². The number of carbonyl (C=O) groups is 4. The van der Waals surface area contributed by atoms with E-state index in [2.05, 4.69) is 25.8 Å². The first-order chi connectivity index (χ1) is 29.1. The predicted octanol–water partition coefficient (Wildman–Crippen LogP) is 7.76. The van der Waals surface area contributed by atoms with E-state index in [1.807, 2.05) is 88.0 Å². The summed E-state index contributed by atoms with van der Waals surface area (Å²) in [6, 6.07) is 15.8. The Morgan fingerprint density at radius 3 is 2.32 bits per heavy atom. The molecule has 0 saturated heterocycles. The molecule has 0 spiro atoms. The quantitative estimate of drug-likeness (QED) is 0.0240. The largest absolute Gasteiger partial charge is 0.380 e. The Bertz CT molecular complexity index is 1720. The maximum atomic E-state index is 13.2. The minimum absolute atomic E-state index is 0.00532. The van der Waals surface area contributed by atoms with Crippen molar-refractivity contribution in [3.05, 3.63) is 54.1 Å². The first kappa shape index (κ1) is 50.4. The zero-order valence-corrected chi connectivity index (χ0v) is 37.4. The zero-order chi connectivity index (χ0) is 43.5. The third-order valence-electron chi connectivity index (χ3n) is 9.49. The highest BCUT2D eigenvalue weighted by molar-refractivity contribution is 7.41. The molecule has 0 radical (unpaired) electrons. The first-order valence-electron chi connectivity index (χ1n) is 21.3. The minimum atomic E-state index is -1.49. The second kappa shape index (κ2) is 29.3. The van der Waals surface area contributed by atoms with Gasteiger partial charge >= 0.3 is 8.60 Å². The molecule has 2 N–H and O–H groups in total. The first-order valence-corrected chi connectivity index (χ1v) is 22.4. The number of benzene rings is 2. The number of rotatable bonds is 28. The molecule has 4 rings (SSSR count). The van der Waals surface area contributed by atoms with Gasteiger partial charge in [0.15, 0.2) is 0 Å². The number of nitrogens with zero attached hydrogens (tertiary/aromatic N) is 4. The van der Waals surface area contributed by atoms with Gasteiger partial charge in [0.2, 0.25) is 11.8 Å². The van der Waals surface area contributed by atoms with Crippen molar-refractivity contribution in [2.75, 3.05) is 52.0 Å². The summed E-state index contributed by atoms with van der Waals surface area (Å²) in [7, 11) is 1.82. The molecule has 2 aromatic carbocycles. The molecule has 1 aromatic heterocycles. The van der Waals surface area contributed by atoms with E-state index in [9.17, 15) is 19.2 Å². The Labute approximate surface area is 357 Å². The van der Waals surface area contributed by atoms with Crippen LogP contribution < -0.4 is 15.5 Å². The van der Waals surface area contributed by atoms with Gasteiger partial charge in [-0.25, -0.2) is 9.57 Å². The lowest BCUT2D eigenvalue weighted by Gasteiger charge is -2.28. The van der Waals surface area contributed by atoms with E-state index in [0.29, 0.717) is 52.3 Å². The molecular weight excluding hydrogens is 787 g/mol. The van der Waals surface area contributed by atoms with Crippen LogP contribution in [0.5, 0.6) is 0 Å². The number of ether oxygens (including phenoxy) is 1. The fraction of sp³-hybridized carbons (Fsp3) is 0.591. The van der Waals surface area contributed by atoms with Crippen LogP contribution in [0.15, 0.2) is 48.5 Å². The van der Waals surface area contributed by atoms with Crippen LogP contribution in [0, 0.1) is 5.92 Å². The third kappa shape index (κ3) is 18.0. The Kier molecular flexibility index (Phi) is 24.6. The van der Waals surface area contributed by atoms with Gasteiger partial charge in [0.1, 0.15) is 17.8 Å². The zero-order valence-electron chi connectivity index (χ0n) is 36.5. The second-order valence-corrected chi connectivity index (χ2v) is 16.0. The number of likely N-dealkylation sites (N-methyl/N-ethyl adjacent to an activating group) is 1. The Hall–Kier alpha value is -3.95. The van der Waals surface area contributed by atoms with Crippen LogP contribution in [0.3, 0.4) is 0 Å². The number of nitrogens with one attached hydrogen (secondary N) is 2. The van der Waals surface area contributed by atoms with Crippen LogP contribution in [0.4, 0.5) is 5.69 Å². The van der Waals surface area contributed by atoms with Crippen LogP contribution in [0.2, 0.25) is 0 Å². The smallest absolute Gasteiger partial charge is 0.363 e. The van der Waals surface area contributed by atoms with Gasteiger partial charge in [-0.15, -0.1) is 5.10 Å². The fourth-order valence-corrected chi connectivity index (χ4v) is 7.19. The van der Waals surface area contributed by atoms with E-state index in [1.54, 1.807) is 4.90 Å². The van der Waals surface area contributed by atoms with Gasteiger partial charge in [0.25, 0.3) is 0 Å². The summed E-state index contributed by atoms with van der Waals surface area (Å²) in [5.74, 6) is 0.388. The standard InChI is InChI=1S/C35H48N5O7P.C9H19NO2/c1-27(2)46-48(47-44-3)45-25-14-5-4-12-22-36-32(42)20-7-6-13-23-40-35-29-17-9-8-16-28(29)26-39(33(43)21-15-24-41)31-19-11-10-18-30(31)34(35)37-38-40;1-8(2)9(11)4-6-12-7-5-10-3/h8-11,16-19,24,27H,4-7,12-15,20-23,25-26H2,1-3H3,(H,36,42);8,10H,4-7H2,1-3H3. The van der Waals surface area contributed by atoms with Crippen LogP contribution in [-0.2, 0) is 55.6 Å². The van der Waals surface area contributed by atoms with Crippen molar-refractivity contribution < 1.29 is 42.5 Å². The molecule has 0 saturated carbocycles. The van der Waals surface area contributed by atoms with Crippen molar-refractivity contribution in [3.63, 3.8) is 0 Å². The molecule has 1 aliphatic rings. The number of anilines is 1. The van der Waals surface area contributed by atoms with E-state index in [1.165, 1.54) is 7.11 Å². The molecule has 15 nitrogen and oxygen atoms in total. The number of para-hydroxylation sites is 1. The average molecular weight is 855 g/mol. The minimum Gasteiger partial charge on any atom is -0.380 e. The molecule has 1 aliphatic heterocycles. The summed E-state index contributed by atoms with van der Waals surface area (Å²) in [5, 5.41) is 15.2. The van der Waals surface area contributed by atoms with E-state index < -0.39 is 8.60 Å². The molecule has 3 aromatic rings. The number of aldehydes is 1. The Morgan fingerprint density at radius 1 is 0.850 bits per heavy atom. The molecule has 1 unspecified atom stereocenters. The molecule has 60 heavy (non-hydrogen) atoms. The lowest BCUT2D eigenvalue weighted by Crippen LogP contribution is -2.31. The highest BCUT2D eigenvalue weighted by atomic mass is 31.2.